The van der Waals surface area contributed by atoms with Gasteiger partial charge < -0.3 is 32.4 Å². The van der Waals surface area contributed by atoms with E-state index in [4.69, 9.17) is 21.7 Å². The lowest BCUT2D eigenvalue weighted by Gasteiger charge is -2.21. The monoisotopic (exact) mass is 479 g/mol. The number of benzene rings is 2. The zero-order valence-corrected chi connectivity index (χ0v) is 19.2. The van der Waals surface area contributed by atoms with Gasteiger partial charge in [-0.2, -0.15) is 4.79 Å². The van der Waals surface area contributed by atoms with Crippen molar-refractivity contribution in [3.05, 3.63) is 77.3 Å². The van der Waals surface area contributed by atoms with E-state index in [0.29, 0.717) is 12.6 Å². The van der Waals surface area contributed by atoms with Crippen LogP contribution < -0.4 is 22.1 Å². The highest BCUT2D eigenvalue weighted by Gasteiger charge is 2.28. The topological polar surface area (TPSA) is 185 Å². The van der Waals surface area contributed by atoms with Crippen molar-refractivity contribution >= 4 is 30.0 Å². The van der Waals surface area contributed by atoms with Gasteiger partial charge in [0.05, 0.1) is 6.04 Å². The van der Waals surface area contributed by atoms with E-state index in [1.165, 1.54) is 0 Å². The number of guanidine groups is 1. The van der Waals surface area contributed by atoms with Crippen molar-refractivity contribution in [2.75, 3.05) is 6.54 Å². The van der Waals surface area contributed by atoms with Crippen LogP contribution in [0.1, 0.15) is 24.0 Å². The summed E-state index contributed by atoms with van der Waals surface area (Å²) in [6.07, 6.45) is 0.653. The van der Waals surface area contributed by atoms with E-state index in [-0.39, 0.29) is 32.0 Å². The molecule has 0 saturated heterocycles. The summed E-state index contributed by atoms with van der Waals surface area (Å²) in [5.41, 5.74) is 20.9. The van der Waals surface area contributed by atoms with E-state index in [2.05, 4.69) is 20.4 Å². The number of nitrogens with two attached hydrogens (primary N) is 2. The van der Waals surface area contributed by atoms with Crippen molar-refractivity contribution in [1.82, 2.24) is 10.6 Å². The molecule has 0 aromatic heterocycles. The number of nitrogens with zero attached hydrogens (tertiary/aromatic N) is 3. The molecule has 2 amide bonds. The molecule has 11 nitrogen and oxygen atoms in total. The van der Waals surface area contributed by atoms with Crippen molar-refractivity contribution < 1.29 is 23.9 Å². The van der Waals surface area contributed by atoms with Gasteiger partial charge in [0.15, 0.2) is 5.96 Å². The summed E-state index contributed by atoms with van der Waals surface area (Å²) in [6, 6.07) is 16.2. The largest absolute Gasteiger partial charge is 0.445 e. The lowest BCUT2D eigenvalue weighted by molar-refractivity contribution is -0.127. The van der Waals surface area contributed by atoms with Gasteiger partial charge in [0.25, 0.3) is 5.78 Å². The van der Waals surface area contributed by atoms with Crippen LogP contribution in [0.4, 0.5) is 4.79 Å². The van der Waals surface area contributed by atoms with Crippen LogP contribution in [0.5, 0.6) is 0 Å². The average molecular weight is 480 g/mol. The van der Waals surface area contributed by atoms with Crippen molar-refractivity contribution in [3.8, 4) is 0 Å². The predicted molar refractivity (Wildman–Crippen MR) is 130 cm³/mol. The molecule has 0 fully saturated rings. The molecular weight excluding hydrogens is 450 g/mol. The minimum Gasteiger partial charge on any atom is -0.445 e. The number of ether oxygens (including phenoxy) is 1. The third-order valence-electron chi connectivity index (χ3n) is 4.89. The normalized spacial score (nSPS) is 11.8. The molecule has 0 bridgehead atoms. The maximum Gasteiger partial charge on any atom is 0.408 e. The highest BCUT2D eigenvalue weighted by atomic mass is 16.5. The number of ketones is 1. The number of aliphatic imine (C=N–C) groups is 1. The van der Waals surface area contributed by atoms with E-state index in [1.807, 2.05) is 60.7 Å². The number of Topliss-reactive ketones (excluding diaryl/α,β-unsaturated/α-hetero) is 1. The fraction of sp³-hybridized carbons (Fsp3) is 0.292. The van der Waals surface area contributed by atoms with Gasteiger partial charge in [0.1, 0.15) is 12.6 Å². The van der Waals surface area contributed by atoms with Crippen LogP contribution >= 0.6 is 0 Å². The van der Waals surface area contributed by atoms with E-state index in [9.17, 15) is 14.4 Å². The zero-order chi connectivity index (χ0) is 25.5. The Bertz CT molecular complexity index is 1050. The maximum atomic E-state index is 13.1. The number of nitrogens with one attached hydrogen (secondary N) is 2. The van der Waals surface area contributed by atoms with Crippen molar-refractivity contribution in [2.24, 2.45) is 16.5 Å². The molecule has 11 heteroatoms. The second-order valence-electron chi connectivity index (χ2n) is 7.61. The van der Waals surface area contributed by atoms with Gasteiger partial charge in [-0.05, 0) is 24.0 Å². The first-order valence-electron chi connectivity index (χ1n) is 11.0. The molecule has 184 valence electrons. The van der Waals surface area contributed by atoms with Gasteiger partial charge in [-0.3, -0.25) is 14.6 Å². The highest BCUT2D eigenvalue weighted by Crippen LogP contribution is 2.07. The van der Waals surface area contributed by atoms with Crippen molar-refractivity contribution in [2.45, 2.75) is 38.0 Å². The third-order valence-corrected chi connectivity index (χ3v) is 4.89. The molecule has 2 unspecified atom stereocenters. The Morgan fingerprint density at radius 3 is 2.20 bits per heavy atom. The summed E-state index contributed by atoms with van der Waals surface area (Å²) < 4.78 is 5.25. The van der Waals surface area contributed by atoms with Crippen LogP contribution in [0.25, 0.3) is 5.53 Å². The Hall–Kier alpha value is -4.50. The fourth-order valence-electron chi connectivity index (χ4n) is 3.17. The molecule has 0 saturated carbocycles. The number of alkyl carbamates (subject to hydrolysis) is 1. The fourth-order valence-corrected chi connectivity index (χ4v) is 3.17. The summed E-state index contributed by atoms with van der Waals surface area (Å²) in [5, 5.41) is 5.19. The number of amides is 2. The molecule has 0 aliphatic rings. The molecule has 0 aliphatic heterocycles. The second-order valence-corrected chi connectivity index (χ2v) is 7.61. The number of hydrogen-bond donors (Lipinski definition) is 4. The summed E-state index contributed by atoms with van der Waals surface area (Å²) in [4.78, 5) is 44.5. The van der Waals surface area contributed by atoms with Gasteiger partial charge in [0.2, 0.25) is 5.91 Å². The van der Waals surface area contributed by atoms with E-state index < -0.39 is 29.9 Å². The molecule has 6 N–H and O–H groups in total. The van der Waals surface area contributed by atoms with Crippen molar-refractivity contribution in [1.29, 1.82) is 0 Å². The number of carbonyl (C=O) groups is 3. The SMILES string of the molecule is [N-]=[N+]=CC(=O)C(CCCN=C(N)N)NC(=O)C(Cc1ccccc1)NC(=O)OCc1ccccc1. The van der Waals surface area contributed by atoms with E-state index in [0.717, 1.165) is 11.1 Å². The lowest BCUT2D eigenvalue weighted by atomic mass is 10.0. The lowest BCUT2D eigenvalue weighted by Crippen LogP contribution is -2.52. The third kappa shape index (κ3) is 10.3. The summed E-state index contributed by atoms with van der Waals surface area (Å²) in [6.45, 7) is 0.279. The van der Waals surface area contributed by atoms with Crippen LogP contribution in [-0.4, -0.2) is 53.4 Å². The zero-order valence-electron chi connectivity index (χ0n) is 19.2. The molecule has 2 rings (SSSR count). The Balaban J connectivity index is 2.10. The predicted octanol–water partition coefficient (Wildman–Crippen LogP) is 0.932. The molecule has 0 radical (unpaired) electrons. The summed E-state index contributed by atoms with van der Waals surface area (Å²) >= 11 is 0. The van der Waals surface area contributed by atoms with Crippen LogP contribution in [0.15, 0.2) is 65.7 Å². The first-order valence-corrected chi connectivity index (χ1v) is 11.0. The second kappa shape index (κ2) is 14.6. The first kappa shape index (κ1) is 26.7. The van der Waals surface area contributed by atoms with Gasteiger partial charge in [-0.1, -0.05) is 60.7 Å². The average Bonchev–Trinajstić information content (AvgIpc) is 2.85. The standard InChI is InChI=1S/C24H29N7O4/c25-23(26)28-13-7-12-19(21(32)15-29-27)30-22(33)20(14-17-8-3-1-4-9-17)31-24(34)35-16-18-10-5-2-6-11-18/h1-6,8-11,15,19-20H,7,12-14,16H2,(H,30,33)(H,31,34)(H4,25,26,28). The van der Waals surface area contributed by atoms with E-state index in [1.54, 1.807) is 0 Å². The van der Waals surface area contributed by atoms with Crippen molar-refractivity contribution in [3.63, 3.8) is 0 Å². The summed E-state index contributed by atoms with van der Waals surface area (Å²) in [7, 11) is 0. The van der Waals surface area contributed by atoms with Gasteiger partial charge in [-0.15, -0.1) is 0 Å². The molecule has 2 atom stereocenters. The summed E-state index contributed by atoms with van der Waals surface area (Å²) in [5.74, 6) is -1.30. The Morgan fingerprint density at radius 1 is 0.971 bits per heavy atom. The molecule has 2 aromatic carbocycles. The Kier molecular flexibility index (Phi) is 11.2. The Morgan fingerprint density at radius 2 is 1.60 bits per heavy atom. The molecule has 0 aliphatic carbocycles. The smallest absolute Gasteiger partial charge is 0.408 e. The molecule has 35 heavy (non-hydrogen) atoms. The van der Waals surface area contributed by atoms with Crippen LogP contribution in [0.3, 0.4) is 0 Å². The minimum absolute atomic E-state index is 0.0330. The Labute approximate surface area is 203 Å². The van der Waals surface area contributed by atoms with Crippen LogP contribution in [0.2, 0.25) is 0 Å². The number of rotatable bonds is 13. The minimum atomic E-state index is -1.03. The maximum absolute atomic E-state index is 13.1. The van der Waals surface area contributed by atoms with Gasteiger partial charge in [0, 0.05) is 13.0 Å². The number of carbonyl (C=O) groups excluding carboxylic acids is 3. The molecule has 0 spiro atoms. The van der Waals surface area contributed by atoms with Gasteiger partial charge in [-0.25, -0.2) is 4.79 Å². The molecule has 0 heterocycles. The molecular formula is C24H29N7O4. The quantitative estimate of drug-likeness (QED) is 0.109. The first-order chi connectivity index (χ1) is 16.9. The van der Waals surface area contributed by atoms with Crippen LogP contribution in [0, 0.1) is 0 Å². The number of hydrogen-bond acceptors (Lipinski definition) is 5. The van der Waals surface area contributed by atoms with E-state index >= 15 is 0 Å². The van der Waals surface area contributed by atoms with Crippen LogP contribution in [-0.2, 0) is 27.4 Å². The highest BCUT2D eigenvalue weighted by molar-refractivity contribution is 6.28. The molecule has 2 aromatic rings. The van der Waals surface area contributed by atoms with Gasteiger partial charge >= 0.3 is 12.3 Å².